The molecule has 2 aliphatic carbocycles. The van der Waals surface area contributed by atoms with Crippen molar-refractivity contribution in [3.05, 3.63) is 63.6 Å². The van der Waals surface area contributed by atoms with Crippen LogP contribution in [0, 0.1) is 23.2 Å². The molecule has 0 bridgehead atoms. The number of carbonyl (C=O) groups excluding carboxylic acids is 1. The molecule has 6 nitrogen and oxygen atoms in total. The van der Waals surface area contributed by atoms with E-state index in [1.807, 2.05) is 36.4 Å². The Balaban J connectivity index is 1.26. The van der Waals surface area contributed by atoms with Crippen LogP contribution in [0.15, 0.2) is 47.5 Å². The van der Waals surface area contributed by atoms with E-state index in [4.69, 9.17) is 28.2 Å². The average molecular weight is 571 g/mol. The van der Waals surface area contributed by atoms with Crippen LogP contribution in [-0.2, 0) is 6.42 Å². The molecule has 3 aliphatic rings. The maximum absolute atomic E-state index is 12.8. The number of fused-ring (bicyclic) bond motifs is 1. The predicted octanol–water partition coefficient (Wildman–Crippen LogP) is 6.10. The number of hydrogen-bond donors (Lipinski definition) is 3. The van der Waals surface area contributed by atoms with Crippen molar-refractivity contribution < 1.29 is 4.79 Å². The average Bonchev–Trinajstić information content (AvgIpc) is 3.47. The molecule has 3 N–H and O–H groups in total. The van der Waals surface area contributed by atoms with Gasteiger partial charge in [0.1, 0.15) is 0 Å². The van der Waals surface area contributed by atoms with Gasteiger partial charge in [0.15, 0.2) is 5.96 Å². The van der Waals surface area contributed by atoms with Crippen molar-refractivity contribution in [2.24, 2.45) is 28.2 Å². The molecule has 0 spiro atoms. The van der Waals surface area contributed by atoms with Crippen LogP contribution in [0.1, 0.15) is 56.5 Å². The Kier molecular flexibility index (Phi) is 8.46. The SMILES string of the molecule is C[C@H]1CN(C(=N[C@H]2[C@H]3[C@@H](CC[C@@H]2C)C3(C)C)Nc2ccc(C(=O)NCCc3ccc(Cl)cc3Cl)cc2)CCN1. The van der Waals surface area contributed by atoms with Gasteiger partial charge in [-0.15, -0.1) is 0 Å². The van der Waals surface area contributed by atoms with Gasteiger partial charge in [-0.25, -0.2) is 4.99 Å². The van der Waals surface area contributed by atoms with Crippen LogP contribution in [-0.4, -0.2) is 55.0 Å². The maximum Gasteiger partial charge on any atom is 0.251 e. The fraction of sp³-hybridized carbons (Fsp3) is 0.548. The fourth-order valence-corrected chi connectivity index (χ4v) is 7.12. The number of amides is 1. The van der Waals surface area contributed by atoms with Crippen LogP contribution in [0.3, 0.4) is 0 Å². The number of benzene rings is 2. The Hall–Kier alpha value is -2.28. The summed E-state index contributed by atoms with van der Waals surface area (Å²) in [5.41, 5.74) is 2.91. The molecule has 3 fully saturated rings. The maximum atomic E-state index is 12.8. The first-order chi connectivity index (χ1) is 18.6. The van der Waals surface area contributed by atoms with Crippen molar-refractivity contribution in [3.63, 3.8) is 0 Å². The molecule has 210 valence electrons. The van der Waals surface area contributed by atoms with Gasteiger partial charge in [0.2, 0.25) is 0 Å². The van der Waals surface area contributed by atoms with Gasteiger partial charge in [0.05, 0.1) is 6.04 Å². The van der Waals surface area contributed by atoms with Gasteiger partial charge < -0.3 is 20.9 Å². The van der Waals surface area contributed by atoms with E-state index in [9.17, 15) is 4.79 Å². The number of nitrogens with one attached hydrogen (secondary N) is 3. The zero-order valence-electron chi connectivity index (χ0n) is 23.4. The van der Waals surface area contributed by atoms with Crippen molar-refractivity contribution in [2.75, 3.05) is 31.5 Å². The molecular formula is C31H41Cl2N5O. The third kappa shape index (κ3) is 6.39. The second-order valence-corrected chi connectivity index (χ2v) is 13.0. The molecule has 2 saturated carbocycles. The van der Waals surface area contributed by atoms with Gasteiger partial charge in [-0.3, -0.25) is 4.79 Å². The summed E-state index contributed by atoms with van der Waals surface area (Å²) in [4.78, 5) is 20.6. The normalized spacial score (nSPS) is 28.0. The quantitative estimate of drug-likeness (QED) is 0.290. The summed E-state index contributed by atoms with van der Waals surface area (Å²) >= 11 is 12.2. The molecule has 5 rings (SSSR count). The number of piperazine rings is 1. The van der Waals surface area contributed by atoms with Crippen LogP contribution in [0.25, 0.3) is 0 Å². The second kappa shape index (κ2) is 11.7. The van der Waals surface area contributed by atoms with Crippen molar-refractivity contribution in [3.8, 4) is 0 Å². The van der Waals surface area contributed by atoms with Crippen molar-refractivity contribution in [1.29, 1.82) is 0 Å². The van der Waals surface area contributed by atoms with Crippen LogP contribution in [0.5, 0.6) is 0 Å². The monoisotopic (exact) mass is 569 g/mol. The summed E-state index contributed by atoms with van der Waals surface area (Å²) in [5.74, 6) is 2.89. The highest BCUT2D eigenvalue weighted by molar-refractivity contribution is 6.35. The summed E-state index contributed by atoms with van der Waals surface area (Å²) in [6.07, 6.45) is 3.22. The number of guanidine groups is 1. The number of hydrogen-bond acceptors (Lipinski definition) is 3. The lowest BCUT2D eigenvalue weighted by atomic mass is 9.86. The van der Waals surface area contributed by atoms with E-state index in [1.165, 1.54) is 12.8 Å². The minimum Gasteiger partial charge on any atom is -0.352 e. The third-order valence-electron chi connectivity index (χ3n) is 9.06. The molecule has 1 heterocycles. The lowest BCUT2D eigenvalue weighted by Gasteiger charge is -2.36. The van der Waals surface area contributed by atoms with Crippen LogP contribution in [0.4, 0.5) is 5.69 Å². The van der Waals surface area contributed by atoms with Gasteiger partial charge in [0.25, 0.3) is 5.91 Å². The number of anilines is 1. The van der Waals surface area contributed by atoms with Gasteiger partial charge in [0, 0.05) is 53.5 Å². The topological polar surface area (TPSA) is 68.8 Å². The molecule has 2 aromatic carbocycles. The summed E-state index contributed by atoms with van der Waals surface area (Å²) in [6, 6.07) is 13.9. The third-order valence-corrected chi connectivity index (χ3v) is 9.65. The molecule has 1 amide bonds. The standard InChI is InChI=1S/C31H41Cl2N5O/c1-19-5-12-25-27(31(25,3)4)28(19)37-30(38-16-15-34-20(2)18-38)36-24-10-7-22(8-11-24)29(39)35-14-13-21-6-9-23(32)17-26(21)33/h6-11,17,19-20,25,27-28,34H,5,12-16,18H2,1-4H3,(H,35,39)(H,36,37)/t19-,20-,25+,27+,28+/m0/s1. The van der Waals surface area contributed by atoms with E-state index in [0.29, 0.717) is 57.9 Å². The number of nitrogens with zero attached hydrogens (tertiary/aromatic N) is 2. The number of carbonyl (C=O) groups is 1. The highest BCUT2D eigenvalue weighted by Crippen LogP contribution is 2.66. The Morgan fingerprint density at radius 2 is 1.90 bits per heavy atom. The first kappa shape index (κ1) is 28.3. The van der Waals surface area contributed by atoms with E-state index in [2.05, 4.69) is 48.5 Å². The first-order valence-electron chi connectivity index (χ1n) is 14.3. The van der Waals surface area contributed by atoms with Crippen molar-refractivity contribution in [1.82, 2.24) is 15.5 Å². The highest BCUT2D eigenvalue weighted by Gasteiger charge is 2.63. The van der Waals surface area contributed by atoms with E-state index in [0.717, 1.165) is 42.8 Å². The smallest absolute Gasteiger partial charge is 0.251 e. The molecule has 2 aromatic rings. The Labute approximate surface area is 242 Å². The van der Waals surface area contributed by atoms with Gasteiger partial charge in [-0.05, 0) is 91.3 Å². The van der Waals surface area contributed by atoms with E-state index < -0.39 is 0 Å². The van der Waals surface area contributed by atoms with Crippen molar-refractivity contribution in [2.45, 2.75) is 59.0 Å². The largest absolute Gasteiger partial charge is 0.352 e. The predicted molar refractivity (Wildman–Crippen MR) is 162 cm³/mol. The molecule has 0 aromatic heterocycles. The van der Waals surface area contributed by atoms with Crippen LogP contribution in [0.2, 0.25) is 10.0 Å². The number of rotatable bonds is 6. The Morgan fingerprint density at radius 3 is 2.62 bits per heavy atom. The van der Waals surface area contributed by atoms with Crippen molar-refractivity contribution >= 4 is 40.8 Å². The van der Waals surface area contributed by atoms with E-state index >= 15 is 0 Å². The Morgan fingerprint density at radius 1 is 1.13 bits per heavy atom. The number of halogens is 2. The minimum atomic E-state index is -0.102. The highest BCUT2D eigenvalue weighted by atomic mass is 35.5. The molecule has 39 heavy (non-hydrogen) atoms. The molecule has 1 aliphatic heterocycles. The minimum absolute atomic E-state index is 0.102. The summed E-state index contributed by atoms with van der Waals surface area (Å²) in [5, 5.41) is 11.4. The van der Waals surface area contributed by atoms with E-state index in [1.54, 1.807) is 6.07 Å². The van der Waals surface area contributed by atoms with E-state index in [-0.39, 0.29) is 5.91 Å². The summed E-state index contributed by atoms with van der Waals surface area (Å²) in [6.45, 7) is 12.7. The summed E-state index contributed by atoms with van der Waals surface area (Å²) < 4.78 is 0. The zero-order valence-corrected chi connectivity index (χ0v) is 24.9. The number of aliphatic imine (C=N–C) groups is 1. The molecule has 1 saturated heterocycles. The second-order valence-electron chi connectivity index (χ2n) is 12.2. The lowest BCUT2D eigenvalue weighted by Crippen LogP contribution is -2.53. The van der Waals surface area contributed by atoms with Gasteiger partial charge in [-0.2, -0.15) is 0 Å². The molecule has 5 atom stereocenters. The first-order valence-corrected chi connectivity index (χ1v) is 15.0. The van der Waals surface area contributed by atoms with Gasteiger partial charge >= 0.3 is 0 Å². The Bertz CT molecular complexity index is 1210. The molecule has 8 heteroatoms. The van der Waals surface area contributed by atoms with Crippen LogP contribution >= 0.6 is 23.2 Å². The molecular weight excluding hydrogens is 529 g/mol. The molecule has 0 radical (unpaired) electrons. The van der Waals surface area contributed by atoms with Crippen LogP contribution < -0.4 is 16.0 Å². The summed E-state index contributed by atoms with van der Waals surface area (Å²) in [7, 11) is 0. The lowest BCUT2D eigenvalue weighted by molar-refractivity contribution is 0.0954. The molecule has 0 unspecified atom stereocenters. The fourth-order valence-electron chi connectivity index (χ4n) is 6.62. The zero-order chi connectivity index (χ0) is 27.7. The van der Waals surface area contributed by atoms with Gasteiger partial charge in [-0.1, -0.05) is 50.0 Å².